The number of morpholine rings is 1. The molecule has 2 saturated heterocycles. The lowest BCUT2D eigenvalue weighted by atomic mass is 9.96. The fourth-order valence-corrected chi connectivity index (χ4v) is 4.41. The van der Waals surface area contributed by atoms with Crippen molar-refractivity contribution in [2.45, 2.75) is 32.4 Å². The van der Waals surface area contributed by atoms with Crippen LogP contribution in [-0.2, 0) is 14.3 Å². The van der Waals surface area contributed by atoms with Crippen LogP contribution in [0.15, 0.2) is 54.4 Å². The lowest BCUT2D eigenvalue weighted by molar-refractivity contribution is -0.140. The van der Waals surface area contributed by atoms with E-state index in [1.165, 1.54) is 0 Å². The van der Waals surface area contributed by atoms with Gasteiger partial charge < -0.3 is 19.5 Å². The summed E-state index contributed by atoms with van der Waals surface area (Å²) in [5.41, 5.74) is 1.29. The predicted octanol–water partition coefficient (Wildman–Crippen LogP) is 3.01. The smallest absolute Gasteiger partial charge is 0.295 e. The molecule has 8 nitrogen and oxygen atoms in total. The number of nitrogens with zero attached hydrogens (tertiary/aromatic N) is 3. The van der Waals surface area contributed by atoms with Gasteiger partial charge in [0.1, 0.15) is 11.5 Å². The van der Waals surface area contributed by atoms with Gasteiger partial charge in [0.2, 0.25) is 0 Å². The number of aliphatic hydroxyl groups is 1. The lowest BCUT2D eigenvalue weighted by Crippen LogP contribution is -2.38. The number of carbonyl (C=O) groups excluding carboxylic acids is 2. The van der Waals surface area contributed by atoms with E-state index in [0.717, 1.165) is 31.6 Å². The molecule has 0 spiro atoms. The normalized spacial score (nSPS) is 20.8. The average Bonchev–Trinajstić information content (AvgIpc) is 3.10. The maximum absolute atomic E-state index is 13.1. The number of ketones is 1. The molecule has 1 aromatic carbocycles. The van der Waals surface area contributed by atoms with Gasteiger partial charge >= 0.3 is 0 Å². The third-order valence-electron chi connectivity index (χ3n) is 6.04. The molecule has 1 amide bonds. The second-order valence-electron chi connectivity index (χ2n) is 8.77. The molecule has 2 fully saturated rings. The van der Waals surface area contributed by atoms with Gasteiger partial charge in [0, 0.05) is 44.1 Å². The van der Waals surface area contributed by atoms with E-state index in [-0.39, 0.29) is 17.4 Å². The molecule has 2 aromatic rings. The van der Waals surface area contributed by atoms with Gasteiger partial charge in [-0.1, -0.05) is 0 Å². The van der Waals surface area contributed by atoms with E-state index in [0.29, 0.717) is 31.1 Å². The van der Waals surface area contributed by atoms with Crippen molar-refractivity contribution in [3.8, 4) is 5.75 Å². The van der Waals surface area contributed by atoms with Crippen molar-refractivity contribution >= 4 is 17.4 Å². The molecule has 180 valence electrons. The van der Waals surface area contributed by atoms with Crippen LogP contribution in [0, 0.1) is 0 Å². The molecule has 4 rings (SSSR count). The molecule has 2 aliphatic heterocycles. The van der Waals surface area contributed by atoms with Gasteiger partial charge in [0.25, 0.3) is 11.7 Å². The predicted molar refractivity (Wildman–Crippen MR) is 127 cm³/mol. The van der Waals surface area contributed by atoms with Gasteiger partial charge in [0.05, 0.1) is 30.9 Å². The van der Waals surface area contributed by atoms with E-state index in [9.17, 15) is 14.7 Å². The highest BCUT2D eigenvalue weighted by Gasteiger charge is 2.45. The monoisotopic (exact) mass is 465 g/mol. The maximum Gasteiger partial charge on any atom is 0.295 e. The van der Waals surface area contributed by atoms with Crippen molar-refractivity contribution in [3.05, 3.63) is 65.5 Å². The van der Waals surface area contributed by atoms with Gasteiger partial charge in [0.15, 0.2) is 0 Å². The Hall–Kier alpha value is -3.23. The lowest BCUT2D eigenvalue weighted by Gasteiger charge is -2.29. The molecule has 0 radical (unpaired) electrons. The number of hydrogen-bond donors (Lipinski definition) is 1. The Bertz CT molecular complexity index is 1030. The number of aliphatic hydroxyl groups excluding tert-OH is 1. The Balaban J connectivity index is 1.62. The Morgan fingerprint density at radius 3 is 2.41 bits per heavy atom. The number of carbonyl (C=O) groups is 2. The number of pyridine rings is 1. The quantitative estimate of drug-likeness (QED) is 0.364. The standard InChI is InChI=1S/C26H31N3O5/c1-18(2)34-21-6-4-20(5-7-21)24(30)22-23(19-8-10-27-11-9-19)29(26(32)25(22)31)13-3-12-28-14-16-33-17-15-28/h4-11,18,23,30H,3,12-17H2,1-2H3/t23-/m0/s1. The number of aromatic nitrogens is 1. The Morgan fingerprint density at radius 2 is 1.76 bits per heavy atom. The first-order valence-electron chi connectivity index (χ1n) is 11.7. The summed E-state index contributed by atoms with van der Waals surface area (Å²) in [4.78, 5) is 34.1. The van der Waals surface area contributed by atoms with Gasteiger partial charge in [-0.2, -0.15) is 0 Å². The zero-order valence-electron chi connectivity index (χ0n) is 19.6. The molecule has 0 saturated carbocycles. The highest BCUT2D eigenvalue weighted by Crippen LogP contribution is 2.39. The number of hydrogen-bond acceptors (Lipinski definition) is 7. The van der Waals surface area contributed by atoms with Crippen molar-refractivity contribution in [2.75, 3.05) is 39.4 Å². The first kappa shape index (κ1) is 23.9. The van der Waals surface area contributed by atoms with E-state index in [4.69, 9.17) is 9.47 Å². The van der Waals surface area contributed by atoms with Crippen LogP contribution < -0.4 is 4.74 Å². The third kappa shape index (κ3) is 5.29. The van der Waals surface area contributed by atoms with Gasteiger partial charge in [-0.05, 0) is 62.2 Å². The molecule has 1 atom stereocenters. The SMILES string of the molecule is CC(C)Oc1ccc(C(O)=C2C(=O)C(=O)N(CCCN3CCOCC3)[C@H]2c2ccncc2)cc1. The zero-order chi connectivity index (χ0) is 24.1. The van der Waals surface area contributed by atoms with E-state index >= 15 is 0 Å². The third-order valence-corrected chi connectivity index (χ3v) is 6.04. The van der Waals surface area contributed by atoms with Crippen molar-refractivity contribution in [1.82, 2.24) is 14.8 Å². The highest BCUT2D eigenvalue weighted by molar-refractivity contribution is 6.46. The summed E-state index contributed by atoms with van der Waals surface area (Å²) in [5, 5.41) is 11.2. The molecule has 0 unspecified atom stereocenters. The van der Waals surface area contributed by atoms with Gasteiger partial charge in [-0.25, -0.2) is 0 Å². The summed E-state index contributed by atoms with van der Waals surface area (Å²) >= 11 is 0. The van der Waals surface area contributed by atoms with Crippen LogP contribution in [-0.4, -0.2) is 77.1 Å². The number of rotatable bonds is 8. The molecule has 0 bridgehead atoms. The largest absolute Gasteiger partial charge is 0.507 e. The Labute approximate surface area is 199 Å². The molecule has 1 N–H and O–H groups in total. The first-order valence-corrected chi connectivity index (χ1v) is 11.7. The van der Waals surface area contributed by atoms with E-state index < -0.39 is 17.7 Å². The summed E-state index contributed by atoms with van der Waals surface area (Å²) in [7, 11) is 0. The molecular weight excluding hydrogens is 434 g/mol. The fraction of sp³-hybridized carbons (Fsp3) is 0.423. The van der Waals surface area contributed by atoms with Crippen LogP contribution in [0.4, 0.5) is 0 Å². The van der Waals surface area contributed by atoms with Crippen LogP contribution in [0.25, 0.3) is 5.76 Å². The van der Waals surface area contributed by atoms with E-state index in [1.54, 1.807) is 53.7 Å². The minimum absolute atomic E-state index is 0.0222. The fourth-order valence-electron chi connectivity index (χ4n) is 4.41. The van der Waals surface area contributed by atoms with Gasteiger partial charge in [-0.15, -0.1) is 0 Å². The molecule has 0 aliphatic carbocycles. The zero-order valence-corrected chi connectivity index (χ0v) is 19.6. The molecular formula is C26H31N3O5. The second-order valence-corrected chi connectivity index (χ2v) is 8.77. The molecule has 1 aromatic heterocycles. The van der Waals surface area contributed by atoms with E-state index in [1.807, 2.05) is 13.8 Å². The van der Waals surface area contributed by atoms with Crippen molar-refractivity contribution < 1.29 is 24.2 Å². The highest BCUT2D eigenvalue weighted by atomic mass is 16.5. The van der Waals surface area contributed by atoms with Crippen LogP contribution in [0.3, 0.4) is 0 Å². The van der Waals surface area contributed by atoms with E-state index in [2.05, 4.69) is 9.88 Å². The van der Waals surface area contributed by atoms with Gasteiger partial charge in [-0.3, -0.25) is 19.5 Å². The minimum Gasteiger partial charge on any atom is -0.507 e. The summed E-state index contributed by atoms with van der Waals surface area (Å²) in [6.45, 7) is 8.24. The molecule has 8 heteroatoms. The maximum atomic E-state index is 13.1. The minimum atomic E-state index is -0.673. The molecule has 34 heavy (non-hydrogen) atoms. The Morgan fingerprint density at radius 1 is 1.09 bits per heavy atom. The molecule has 3 heterocycles. The number of benzene rings is 1. The van der Waals surface area contributed by atoms with Crippen molar-refractivity contribution in [1.29, 1.82) is 0 Å². The Kier molecular flexibility index (Phi) is 7.59. The van der Waals surface area contributed by atoms with Crippen LogP contribution in [0.2, 0.25) is 0 Å². The second kappa shape index (κ2) is 10.8. The number of likely N-dealkylation sites (tertiary alicyclic amines) is 1. The van der Waals surface area contributed by atoms with Crippen molar-refractivity contribution in [3.63, 3.8) is 0 Å². The first-order chi connectivity index (χ1) is 16.5. The average molecular weight is 466 g/mol. The van der Waals surface area contributed by atoms with Crippen LogP contribution >= 0.6 is 0 Å². The molecule has 2 aliphatic rings. The topological polar surface area (TPSA) is 92.2 Å². The number of ether oxygens (including phenoxy) is 2. The van der Waals surface area contributed by atoms with Crippen molar-refractivity contribution in [2.24, 2.45) is 0 Å². The van der Waals surface area contributed by atoms with Crippen LogP contribution in [0.1, 0.15) is 37.4 Å². The number of amides is 1. The number of Topliss-reactive ketones (excluding diaryl/α,β-unsaturated/α-hetero) is 1. The summed E-state index contributed by atoms with van der Waals surface area (Å²) in [5.74, 6) is -0.786. The van der Waals surface area contributed by atoms with Crippen LogP contribution in [0.5, 0.6) is 5.75 Å². The summed E-state index contributed by atoms with van der Waals surface area (Å²) in [6.07, 6.45) is 3.99. The summed E-state index contributed by atoms with van der Waals surface area (Å²) < 4.78 is 11.1. The summed E-state index contributed by atoms with van der Waals surface area (Å²) in [6, 6.07) is 9.77.